The molecular weight excluding hydrogens is 120 g/mol. The molecule has 8 heavy (non-hydrogen) atoms. The molecule has 0 radical (unpaired) electrons. The van der Waals surface area contributed by atoms with Crippen LogP contribution in [0.15, 0.2) is 10.9 Å². The molecule has 1 rings (SSSR count). The molecule has 0 aliphatic rings. The van der Waals surface area contributed by atoms with Crippen molar-refractivity contribution in [1.82, 2.24) is 10.3 Å². The van der Waals surface area contributed by atoms with Crippen LogP contribution >= 0.6 is 11.3 Å². The summed E-state index contributed by atoms with van der Waals surface area (Å²) in [5.74, 6) is 0. The first-order chi connectivity index (χ1) is 3.93. The Morgan fingerprint density at radius 2 is 2.75 bits per heavy atom. The van der Waals surface area contributed by atoms with Gasteiger partial charge in [-0.25, -0.2) is 4.98 Å². The Hall–Kier alpha value is -0.410. The maximum Gasteiger partial charge on any atom is 0.0795 e. The first-order valence-electron chi connectivity index (χ1n) is 2.45. The van der Waals surface area contributed by atoms with Crippen molar-refractivity contribution in [3.8, 4) is 0 Å². The molecule has 0 saturated heterocycles. The summed E-state index contributed by atoms with van der Waals surface area (Å²) >= 11 is 1.63. The predicted molar refractivity (Wildman–Crippen MR) is 34.9 cm³/mol. The Bertz CT molecular complexity index is 136. The first kappa shape index (κ1) is 5.72. The maximum absolute atomic E-state index is 4.06. The van der Waals surface area contributed by atoms with E-state index in [1.165, 1.54) is 0 Å². The molecule has 0 amide bonds. The highest BCUT2D eigenvalue weighted by molar-refractivity contribution is 7.07. The van der Waals surface area contributed by atoms with Crippen LogP contribution in [0.5, 0.6) is 0 Å². The molecule has 0 aliphatic carbocycles. The molecule has 0 atom stereocenters. The van der Waals surface area contributed by atoms with Crippen molar-refractivity contribution in [2.75, 3.05) is 7.05 Å². The number of hydrogen-bond acceptors (Lipinski definition) is 3. The van der Waals surface area contributed by atoms with E-state index >= 15 is 0 Å². The van der Waals surface area contributed by atoms with E-state index in [1.54, 1.807) is 11.3 Å². The van der Waals surface area contributed by atoms with E-state index in [0.717, 1.165) is 12.2 Å². The Labute approximate surface area is 52.6 Å². The van der Waals surface area contributed by atoms with Gasteiger partial charge in [-0.15, -0.1) is 11.3 Å². The van der Waals surface area contributed by atoms with Gasteiger partial charge in [0.15, 0.2) is 0 Å². The van der Waals surface area contributed by atoms with Crippen molar-refractivity contribution in [3.05, 3.63) is 16.6 Å². The molecule has 0 aromatic carbocycles. The lowest BCUT2D eigenvalue weighted by Gasteiger charge is -1.88. The van der Waals surface area contributed by atoms with Gasteiger partial charge in [0.1, 0.15) is 0 Å². The number of thiazole rings is 1. The zero-order valence-corrected chi connectivity index (χ0v) is 5.53. The van der Waals surface area contributed by atoms with Crippen LogP contribution in [0, 0.1) is 0 Å². The molecule has 3 heteroatoms. The maximum atomic E-state index is 4.06. The van der Waals surface area contributed by atoms with Crippen molar-refractivity contribution in [1.29, 1.82) is 0 Å². The van der Waals surface area contributed by atoms with Crippen LogP contribution in [0.2, 0.25) is 0 Å². The van der Waals surface area contributed by atoms with E-state index in [1.807, 2.05) is 17.9 Å². The van der Waals surface area contributed by atoms with Crippen LogP contribution in [0.1, 0.15) is 5.69 Å². The Balaban J connectivity index is 2.50. The van der Waals surface area contributed by atoms with Crippen molar-refractivity contribution in [3.63, 3.8) is 0 Å². The van der Waals surface area contributed by atoms with Crippen LogP contribution in [0.3, 0.4) is 0 Å². The molecule has 0 fully saturated rings. The molecule has 1 aromatic heterocycles. The van der Waals surface area contributed by atoms with Crippen molar-refractivity contribution in [2.24, 2.45) is 0 Å². The minimum Gasteiger partial charge on any atom is -0.314 e. The second-order valence-corrected chi connectivity index (χ2v) is 2.23. The Morgan fingerprint density at radius 1 is 1.88 bits per heavy atom. The summed E-state index contributed by atoms with van der Waals surface area (Å²) in [5, 5.41) is 5.05. The van der Waals surface area contributed by atoms with Gasteiger partial charge in [-0.05, 0) is 7.05 Å². The van der Waals surface area contributed by atoms with E-state index in [0.29, 0.717) is 0 Å². The zero-order valence-electron chi connectivity index (χ0n) is 4.72. The summed E-state index contributed by atoms with van der Waals surface area (Å²) in [5.41, 5.74) is 2.96. The van der Waals surface area contributed by atoms with Gasteiger partial charge in [0, 0.05) is 11.9 Å². The lowest BCUT2D eigenvalue weighted by molar-refractivity contribution is 0.797. The van der Waals surface area contributed by atoms with Gasteiger partial charge in [0.25, 0.3) is 0 Å². The SMILES string of the molecule is CNCc1cscn1. The van der Waals surface area contributed by atoms with E-state index in [4.69, 9.17) is 0 Å². The van der Waals surface area contributed by atoms with E-state index < -0.39 is 0 Å². The molecule has 2 nitrogen and oxygen atoms in total. The van der Waals surface area contributed by atoms with Crippen LogP contribution in [-0.2, 0) is 6.54 Å². The largest absolute Gasteiger partial charge is 0.314 e. The van der Waals surface area contributed by atoms with Crippen LogP contribution < -0.4 is 5.32 Å². The van der Waals surface area contributed by atoms with Crippen molar-refractivity contribution >= 4 is 11.3 Å². The minimum atomic E-state index is 0.878. The third kappa shape index (κ3) is 1.28. The summed E-state index contributed by atoms with van der Waals surface area (Å²) < 4.78 is 0. The number of nitrogens with zero attached hydrogens (tertiary/aromatic N) is 1. The Morgan fingerprint density at radius 3 is 3.25 bits per heavy atom. The molecule has 1 heterocycles. The van der Waals surface area contributed by atoms with Gasteiger partial charge in [-0.1, -0.05) is 0 Å². The fourth-order valence-corrected chi connectivity index (χ4v) is 1.06. The summed E-state index contributed by atoms with van der Waals surface area (Å²) in [6, 6.07) is 0. The predicted octanol–water partition coefficient (Wildman–Crippen LogP) is 0.863. The van der Waals surface area contributed by atoms with Gasteiger partial charge in [0.05, 0.1) is 11.2 Å². The summed E-state index contributed by atoms with van der Waals surface area (Å²) in [4.78, 5) is 4.06. The van der Waals surface area contributed by atoms with Crippen LogP contribution in [0.4, 0.5) is 0 Å². The molecular formula is C5H8N2S. The average Bonchev–Trinajstić information content (AvgIpc) is 2.19. The lowest BCUT2D eigenvalue weighted by Crippen LogP contribution is -2.04. The summed E-state index contributed by atoms with van der Waals surface area (Å²) in [6.07, 6.45) is 0. The molecule has 1 N–H and O–H groups in total. The highest BCUT2D eigenvalue weighted by Gasteiger charge is 1.87. The molecule has 44 valence electrons. The third-order valence-corrected chi connectivity index (χ3v) is 1.48. The number of hydrogen-bond donors (Lipinski definition) is 1. The van der Waals surface area contributed by atoms with E-state index in [2.05, 4.69) is 10.3 Å². The smallest absolute Gasteiger partial charge is 0.0795 e. The fourth-order valence-electron chi connectivity index (χ4n) is 0.506. The van der Waals surface area contributed by atoms with Gasteiger partial charge in [-0.2, -0.15) is 0 Å². The van der Waals surface area contributed by atoms with E-state index in [9.17, 15) is 0 Å². The van der Waals surface area contributed by atoms with Gasteiger partial charge in [-0.3, -0.25) is 0 Å². The number of nitrogens with one attached hydrogen (secondary N) is 1. The molecule has 0 saturated carbocycles. The number of aromatic nitrogens is 1. The van der Waals surface area contributed by atoms with Crippen LogP contribution in [0.25, 0.3) is 0 Å². The second kappa shape index (κ2) is 2.79. The summed E-state index contributed by atoms with van der Waals surface area (Å²) in [6.45, 7) is 0.878. The first-order valence-corrected chi connectivity index (χ1v) is 3.39. The Kier molecular flexibility index (Phi) is 2.00. The topological polar surface area (TPSA) is 24.9 Å². The van der Waals surface area contributed by atoms with E-state index in [-0.39, 0.29) is 0 Å². The average molecular weight is 128 g/mol. The molecule has 0 spiro atoms. The molecule has 1 aromatic rings. The zero-order chi connectivity index (χ0) is 5.82. The minimum absolute atomic E-state index is 0.878. The van der Waals surface area contributed by atoms with Crippen molar-refractivity contribution in [2.45, 2.75) is 6.54 Å². The highest BCUT2D eigenvalue weighted by atomic mass is 32.1. The standard InChI is InChI=1S/C5H8N2S/c1-6-2-5-3-8-4-7-5/h3-4,6H,2H2,1H3. The highest BCUT2D eigenvalue weighted by Crippen LogP contribution is 1.98. The molecule has 0 unspecified atom stereocenters. The lowest BCUT2D eigenvalue weighted by atomic mass is 10.5. The van der Waals surface area contributed by atoms with Crippen LogP contribution in [-0.4, -0.2) is 12.0 Å². The van der Waals surface area contributed by atoms with Gasteiger partial charge >= 0.3 is 0 Å². The molecule has 0 bridgehead atoms. The molecule has 0 aliphatic heterocycles. The second-order valence-electron chi connectivity index (χ2n) is 1.51. The summed E-state index contributed by atoms with van der Waals surface area (Å²) in [7, 11) is 1.92. The normalized spacial score (nSPS) is 9.62. The van der Waals surface area contributed by atoms with Gasteiger partial charge in [0.2, 0.25) is 0 Å². The quantitative estimate of drug-likeness (QED) is 0.639. The van der Waals surface area contributed by atoms with Crippen molar-refractivity contribution < 1.29 is 0 Å². The third-order valence-electron chi connectivity index (χ3n) is 0.841. The monoisotopic (exact) mass is 128 g/mol. The van der Waals surface area contributed by atoms with Gasteiger partial charge < -0.3 is 5.32 Å². The fraction of sp³-hybridized carbons (Fsp3) is 0.400. The number of rotatable bonds is 2.